The van der Waals surface area contributed by atoms with Gasteiger partial charge in [0.2, 0.25) is 5.88 Å². The maximum absolute atomic E-state index is 12.8. The van der Waals surface area contributed by atoms with E-state index in [1.54, 1.807) is 18.5 Å². The highest BCUT2D eigenvalue weighted by molar-refractivity contribution is 5.92. The third kappa shape index (κ3) is 3.39. The molecule has 2 saturated heterocycles. The molecule has 2 aromatic rings. The second-order valence-corrected chi connectivity index (χ2v) is 6.89. The molecule has 136 valence electrons. The predicted molar refractivity (Wildman–Crippen MR) is 93.7 cm³/mol. The molecule has 0 aromatic carbocycles. The molecule has 0 spiro atoms. The van der Waals surface area contributed by atoms with Crippen LogP contribution in [0.5, 0.6) is 5.88 Å². The quantitative estimate of drug-likeness (QED) is 0.835. The smallest absolute Gasteiger partial charge is 0.272 e. The van der Waals surface area contributed by atoms with E-state index < -0.39 is 0 Å². The number of piperidine rings is 1. The number of fused-ring (bicyclic) bond motifs is 1. The predicted octanol–water partition coefficient (Wildman–Crippen LogP) is 1.96. The normalized spacial score (nSPS) is 25.4. The molecule has 2 fully saturated rings. The van der Waals surface area contributed by atoms with Crippen LogP contribution in [0.2, 0.25) is 0 Å². The van der Waals surface area contributed by atoms with Crippen LogP contribution in [0.25, 0.3) is 0 Å². The van der Waals surface area contributed by atoms with Crippen molar-refractivity contribution in [2.24, 2.45) is 5.41 Å². The number of carbonyl (C=O) groups excluding carboxylic acids is 1. The zero-order valence-corrected chi connectivity index (χ0v) is 14.6. The number of carbonyl (C=O) groups is 1. The van der Waals surface area contributed by atoms with E-state index in [1.807, 2.05) is 23.1 Å². The van der Waals surface area contributed by atoms with E-state index in [9.17, 15) is 4.79 Å². The van der Waals surface area contributed by atoms with Crippen LogP contribution in [-0.4, -0.2) is 58.2 Å². The summed E-state index contributed by atoms with van der Waals surface area (Å²) in [6.45, 7) is 2.53. The number of hydrogen-bond acceptors (Lipinski definition) is 6. The molecule has 2 aliphatic rings. The van der Waals surface area contributed by atoms with Crippen LogP contribution >= 0.6 is 0 Å². The average molecular weight is 354 g/mol. The van der Waals surface area contributed by atoms with E-state index >= 15 is 0 Å². The fourth-order valence-corrected chi connectivity index (χ4v) is 3.90. The lowest BCUT2D eigenvalue weighted by atomic mass is 9.73. The van der Waals surface area contributed by atoms with Gasteiger partial charge in [-0.2, -0.15) is 0 Å². The van der Waals surface area contributed by atoms with E-state index in [0.29, 0.717) is 31.3 Å². The number of likely N-dealkylation sites (tertiary alicyclic amines) is 1. The number of nitrogens with zero attached hydrogens (tertiary/aromatic N) is 4. The molecule has 0 bridgehead atoms. The molecule has 7 nitrogen and oxygen atoms in total. The molecule has 2 aromatic heterocycles. The molecule has 1 amide bonds. The van der Waals surface area contributed by atoms with Crippen LogP contribution in [-0.2, 0) is 4.74 Å². The van der Waals surface area contributed by atoms with Crippen LogP contribution in [0.3, 0.4) is 0 Å². The Labute approximate surface area is 152 Å². The Morgan fingerprint density at radius 1 is 1.31 bits per heavy atom. The molecule has 26 heavy (non-hydrogen) atoms. The monoisotopic (exact) mass is 354 g/mol. The van der Waals surface area contributed by atoms with Crippen molar-refractivity contribution in [3.05, 3.63) is 48.7 Å². The van der Waals surface area contributed by atoms with Crippen molar-refractivity contribution >= 4 is 5.91 Å². The molecule has 2 aliphatic heterocycles. The fourth-order valence-electron chi connectivity index (χ4n) is 3.90. The Kier molecular flexibility index (Phi) is 4.79. The highest BCUT2D eigenvalue weighted by Crippen LogP contribution is 2.40. The first kappa shape index (κ1) is 16.9. The Bertz CT molecular complexity index is 743. The summed E-state index contributed by atoms with van der Waals surface area (Å²) in [5.41, 5.74) is 0.215. The van der Waals surface area contributed by atoms with Crippen molar-refractivity contribution in [1.82, 2.24) is 19.9 Å². The third-order valence-corrected chi connectivity index (χ3v) is 5.22. The van der Waals surface area contributed by atoms with Gasteiger partial charge in [-0.05, 0) is 31.4 Å². The minimum Gasteiger partial charge on any atom is -0.477 e. The Balaban J connectivity index is 1.52. The van der Waals surface area contributed by atoms with Gasteiger partial charge in [0.1, 0.15) is 12.0 Å². The molecule has 7 heteroatoms. The van der Waals surface area contributed by atoms with E-state index in [1.165, 1.54) is 6.33 Å². The molecule has 0 radical (unpaired) electrons. The van der Waals surface area contributed by atoms with Crippen molar-refractivity contribution in [3.8, 4) is 5.88 Å². The van der Waals surface area contributed by atoms with E-state index in [4.69, 9.17) is 9.47 Å². The number of pyridine rings is 1. The van der Waals surface area contributed by atoms with Gasteiger partial charge in [-0.25, -0.2) is 15.0 Å². The first-order valence-corrected chi connectivity index (χ1v) is 8.98. The standard InChI is InChI=1S/C19H22N4O3/c24-18(15-5-9-20-14-22-15)23-10-6-16-19(12-23,7-3-11-25-16)13-26-17-4-1-2-8-21-17/h1-2,4-5,8-9,14,16H,3,6-7,10-13H2/t16-,19+/m1/s1. The summed E-state index contributed by atoms with van der Waals surface area (Å²) in [6.07, 6.45) is 7.57. The first-order valence-electron chi connectivity index (χ1n) is 8.98. The zero-order chi connectivity index (χ0) is 17.8. The van der Waals surface area contributed by atoms with Crippen molar-refractivity contribution in [3.63, 3.8) is 0 Å². The summed E-state index contributed by atoms with van der Waals surface area (Å²) in [5, 5.41) is 0. The van der Waals surface area contributed by atoms with Crippen LogP contribution in [0.1, 0.15) is 29.8 Å². The van der Waals surface area contributed by atoms with Crippen molar-refractivity contribution in [2.45, 2.75) is 25.4 Å². The molecule has 0 N–H and O–H groups in total. The van der Waals surface area contributed by atoms with Crippen LogP contribution < -0.4 is 4.74 Å². The minimum atomic E-state index is -0.212. The zero-order valence-electron chi connectivity index (χ0n) is 14.6. The maximum Gasteiger partial charge on any atom is 0.272 e. The van der Waals surface area contributed by atoms with Gasteiger partial charge in [-0.3, -0.25) is 4.79 Å². The van der Waals surface area contributed by atoms with Gasteiger partial charge >= 0.3 is 0 Å². The Morgan fingerprint density at radius 3 is 3.08 bits per heavy atom. The van der Waals surface area contributed by atoms with E-state index in [0.717, 1.165) is 25.9 Å². The van der Waals surface area contributed by atoms with E-state index in [-0.39, 0.29) is 17.4 Å². The second kappa shape index (κ2) is 7.37. The summed E-state index contributed by atoms with van der Waals surface area (Å²) in [5.74, 6) is 0.541. The van der Waals surface area contributed by atoms with Crippen LogP contribution in [0.15, 0.2) is 43.0 Å². The van der Waals surface area contributed by atoms with Gasteiger partial charge in [0.25, 0.3) is 5.91 Å². The van der Waals surface area contributed by atoms with Crippen LogP contribution in [0.4, 0.5) is 0 Å². The summed E-state index contributed by atoms with van der Waals surface area (Å²) in [6, 6.07) is 7.27. The van der Waals surface area contributed by atoms with Gasteiger partial charge < -0.3 is 14.4 Å². The largest absolute Gasteiger partial charge is 0.477 e. The summed E-state index contributed by atoms with van der Waals surface area (Å²) < 4.78 is 12.0. The number of ether oxygens (including phenoxy) is 2. The highest BCUT2D eigenvalue weighted by atomic mass is 16.5. The molecule has 2 atom stereocenters. The summed E-state index contributed by atoms with van der Waals surface area (Å²) >= 11 is 0. The lowest BCUT2D eigenvalue weighted by Crippen LogP contribution is -2.58. The summed E-state index contributed by atoms with van der Waals surface area (Å²) in [4.78, 5) is 26.9. The van der Waals surface area contributed by atoms with Gasteiger partial charge in [0.05, 0.1) is 12.7 Å². The van der Waals surface area contributed by atoms with Crippen molar-refractivity contribution < 1.29 is 14.3 Å². The van der Waals surface area contributed by atoms with Crippen molar-refractivity contribution in [2.75, 3.05) is 26.3 Å². The molecular formula is C19H22N4O3. The van der Waals surface area contributed by atoms with Crippen molar-refractivity contribution in [1.29, 1.82) is 0 Å². The minimum absolute atomic E-state index is 0.0614. The summed E-state index contributed by atoms with van der Waals surface area (Å²) in [7, 11) is 0. The second-order valence-electron chi connectivity index (χ2n) is 6.89. The third-order valence-electron chi connectivity index (χ3n) is 5.22. The first-order chi connectivity index (χ1) is 12.8. The number of aromatic nitrogens is 3. The van der Waals surface area contributed by atoms with Gasteiger partial charge in [0.15, 0.2) is 0 Å². The molecule has 4 heterocycles. The Morgan fingerprint density at radius 2 is 2.27 bits per heavy atom. The van der Waals surface area contributed by atoms with E-state index in [2.05, 4.69) is 15.0 Å². The van der Waals surface area contributed by atoms with Gasteiger partial charge in [-0.1, -0.05) is 6.07 Å². The maximum atomic E-state index is 12.8. The molecule has 0 unspecified atom stereocenters. The molecular weight excluding hydrogens is 332 g/mol. The SMILES string of the molecule is O=C(c1ccncn1)N1CC[C@H]2OCCC[C@@]2(COc2ccccn2)C1. The molecule has 0 saturated carbocycles. The topological polar surface area (TPSA) is 77.4 Å². The highest BCUT2D eigenvalue weighted by Gasteiger charge is 2.48. The average Bonchev–Trinajstić information content (AvgIpc) is 2.73. The number of rotatable bonds is 4. The number of hydrogen-bond donors (Lipinski definition) is 0. The lowest BCUT2D eigenvalue weighted by Gasteiger charge is -2.49. The van der Waals surface area contributed by atoms with Gasteiger partial charge in [-0.15, -0.1) is 0 Å². The lowest BCUT2D eigenvalue weighted by molar-refractivity contribution is -0.133. The number of amides is 1. The molecule has 4 rings (SSSR count). The Hall–Kier alpha value is -2.54. The van der Waals surface area contributed by atoms with Crippen LogP contribution in [0, 0.1) is 5.41 Å². The fraction of sp³-hybridized carbons (Fsp3) is 0.474. The molecule has 0 aliphatic carbocycles. The van der Waals surface area contributed by atoms with Gasteiger partial charge in [0, 0.05) is 43.6 Å².